The first-order chi connectivity index (χ1) is 28.9. The van der Waals surface area contributed by atoms with E-state index in [-0.39, 0.29) is 67.3 Å². The van der Waals surface area contributed by atoms with Crippen molar-refractivity contribution in [1.29, 1.82) is 0 Å². The van der Waals surface area contributed by atoms with Gasteiger partial charge in [-0.2, -0.15) is 0 Å². The zero-order valence-corrected chi connectivity index (χ0v) is 36.8. The number of rotatable bonds is 27. The van der Waals surface area contributed by atoms with Crippen LogP contribution in [0.5, 0.6) is 0 Å². The fraction of sp³-hybridized carbons (Fsp3) is 0.725. The number of aliphatic hydroxyl groups excluding tert-OH is 1. The SMILES string of the molecule is CNCCOP(OC)OP(OC)OCC(=O)C1CCC2C3CCC4=CC(=O)C=CC4(C)C3C(O)CC12O.O=CCCOCCOCCOCCOCCN1C(=O)C=CC1=O. The summed E-state index contributed by atoms with van der Waals surface area (Å²) in [6, 6.07) is 0. The summed E-state index contributed by atoms with van der Waals surface area (Å²) in [4.78, 5) is 58.9. The molecule has 4 aliphatic carbocycles. The summed E-state index contributed by atoms with van der Waals surface area (Å²) in [6.07, 6.45) is 11.1. The van der Waals surface area contributed by atoms with Crippen molar-refractivity contribution in [2.45, 2.75) is 57.2 Å². The van der Waals surface area contributed by atoms with Crippen LogP contribution < -0.4 is 5.32 Å². The molecule has 20 heteroatoms. The van der Waals surface area contributed by atoms with Crippen LogP contribution in [0.3, 0.4) is 0 Å². The Kier molecular flexibility index (Phi) is 21.6. The van der Waals surface area contributed by atoms with Gasteiger partial charge in [0.2, 0.25) is 0 Å². The van der Waals surface area contributed by atoms with E-state index in [9.17, 15) is 34.2 Å². The molecule has 0 aromatic heterocycles. The first-order valence-electron chi connectivity index (χ1n) is 20.4. The molecule has 1 aliphatic heterocycles. The van der Waals surface area contributed by atoms with Gasteiger partial charge in [0.1, 0.15) is 12.9 Å². The average Bonchev–Trinajstić information content (AvgIpc) is 3.75. The molecule has 3 saturated carbocycles. The summed E-state index contributed by atoms with van der Waals surface area (Å²) >= 11 is 0. The Morgan fingerprint density at radius 3 is 2.12 bits per heavy atom. The maximum absolute atomic E-state index is 13.3. The number of amides is 2. The molecule has 9 unspecified atom stereocenters. The largest absolute Gasteiger partial charge is 0.393 e. The minimum atomic E-state index is -1.88. The van der Waals surface area contributed by atoms with Crippen molar-refractivity contribution in [3.63, 3.8) is 0 Å². The van der Waals surface area contributed by atoms with Gasteiger partial charge >= 0.3 is 17.2 Å². The molecule has 1 heterocycles. The average molecular weight is 889 g/mol. The molecule has 3 N–H and O–H groups in total. The number of aliphatic hydroxyl groups is 2. The molecule has 0 radical (unpaired) electrons. The number of Topliss-reactive ketones (excluding diaryl/α,β-unsaturated/α-hetero) is 1. The number of allylic oxidation sites excluding steroid dienone is 4. The number of fused-ring (bicyclic) bond motifs is 5. The highest BCUT2D eigenvalue weighted by molar-refractivity contribution is 7.55. The Hall–Kier alpha value is -2.25. The van der Waals surface area contributed by atoms with Gasteiger partial charge in [-0.3, -0.25) is 24.1 Å². The van der Waals surface area contributed by atoms with Crippen LogP contribution in [0, 0.1) is 29.1 Å². The minimum Gasteiger partial charge on any atom is -0.393 e. The topological polar surface area (TPSA) is 224 Å². The van der Waals surface area contributed by atoms with Crippen LogP contribution >= 0.6 is 17.2 Å². The maximum Gasteiger partial charge on any atom is 0.340 e. The first kappa shape index (κ1) is 50.4. The smallest absolute Gasteiger partial charge is 0.340 e. The molecule has 5 aliphatic rings. The van der Waals surface area contributed by atoms with Crippen LogP contribution in [0.4, 0.5) is 0 Å². The number of carbonyl (C=O) groups is 5. The maximum atomic E-state index is 13.3. The van der Waals surface area contributed by atoms with Gasteiger partial charge in [0, 0.05) is 63.0 Å². The lowest BCUT2D eigenvalue weighted by Crippen LogP contribution is -2.60. The lowest BCUT2D eigenvalue weighted by molar-refractivity contribution is -0.173. The van der Waals surface area contributed by atoms with E-state index in [1.807, 2.05) is 6.08 Å². The summed E-state index contributed by atoms with van der Waals surface area (Å²) < 4.78 is 48.2. The Morgan fingerprint density at radius 2 is 1.50 bits per heavy atom. The van der Waals surface area contributed by atoms with Crippen molar-refractivity contribution in [3.8, 4) is 0 Å². The van der Waals surface area contributed by atoms with E-state index in [0.717, 1.165) is 29.6 Å². The second kappa shape index (κ2) is 25.8. The third-order valence-corrected chi connectivity index (χ3v) is 13.9. The van der Waals surface area contributed by atoms with E-state index < -0.39 is 40.2 Å². The Labute approximate surface area is 354 Å². The van der Waals surface area contributed by atoms with E-state index in [1.165, 1.54) is 26.4 Å². The highest BCUT2D eigenvalue weighted by Gasteiger charge is 2.64. The van der Waals surface area contributed by atoms with Crippen LogP contribution in [-0.4, -0.2) is 157 Å². The fourth-order valence-electron chi connectivity index (χ4n) is 8.79. The number of ketones is 2. The van der Waals surface area contributed by atoms with Gasteiger partial charge in [-0.1, -0.05) is 18.6 Å². The monoisotopic (exact) mass is 888 g/mol. The Bertz CT molecular complexity index is 1500. The number of likely N-dealkylation sites (N-methyl/N-ethyl adjacent to an activating group) is 1. The van der Waals surface area contributed by atoms with Gasteiger partial charge in [-0.15, -0.1) is 0 Å². The number of aldehydes is 1. The molecule has 0 saturated heterocycles. The van der Waals surface area contributed by atoms with Gasteiger partial charge < -0.3 is 57.4 Å². The van der Waals surface area contributed by atoms with Crippen molar-refractivity contribution in [2.24, 2.45) is 29.1 Å². The van der Waals surface area contributed by atoms with Crippen LogP contribution in [0.1, 0.15) is 45.4 Å². The van der Waals surface area contributed by atoms with Crippen LogP contribution in [-0.2, 0) is 65.3 Å². The van der Waals surface area contributed by atoms with Crippen LogP contribution in [0.15, 0.2) is 36.0 Å². The van der Waals surface area contributed by atoms with E-state index >= 15 is 0 Å². The molecule has 0 spiro atoms. The highest BCUT2D eigenvalue weighted by atomic mass is 31.2. The van der Waals surface area contributed by atoms with Gasteiger partial charge in [-0.05, 0) is 56.7 Å². The number of nitrogens with one attached hydrogen (secondary N) is 1. The van der Waals surface area contributed by atoms with Crippen molar-refractivity contribution >= 4 is 46.9 Å². The van der Waals surface area contributed by atoms with Crippen molar-refractivity contribution in [3.05, 3.63) is 36.0 Å². The van der Waals surface area contributed by atoms with Gasteiger partial charge in [0.05, 0.1) is 77.7 Å². The fourth-order valence-corrected chi connectivity index (χ4v) is 10.8. The van der Waals surface area contributed by atoms with E-state index in [2.05, 4.69) is 12.2 Å². The standard InChI is InChI=1S/C25H39NO9P2.C15H23NO7/c1-24-10-9-17(27)13-16(24)5-6-18-19-7-8-20(25(19,30)14-21(28)23(18)24)22(29)15-34-37(32-4)35-36(31-3)33-12-11-26-2;17-5-1-6-20-8-10-22-12-13-23-11-9-21-7-4-16-14(18)2-3-15(16)19/h9-10,13,18-21,23,26,28,30H,5-8,11-12,14-15H2,1-4H3;2-3,5H,1,4,6-13H2. The molecule has 0 aromatic carbocycles. The molecule has 2 amide bonds. The predicted molar refractivity (Wildman–Crippen MR) is 218 cm³/mol. The lowest BCUT2D eigenvalue weighted by Gasteiger charge is -2.57. The molecule has 3 fully saturated rings. The summed E-state index contributed by atoms with van der Waals surface area (Å²) in [5.41, 5.74) is -0.647. The number of carbonyl (C=O) groups excluding carboxylic acids is 5. The van der Waals surface area contributed by atoms with Crippen molar-refractivity contribution in [1.82, 2.24) is 10.2 Å². The molecular weight excluding hydrogens is 826 g/mol. The first-order valence-corrected chi connectivity index (χ1v) is 22.5. The quantitative estimate of drug-likeness (QED) is 0.0467. The normalized spacial score (nSPS) is 29.0. The molecule has 338 valence electrons. The predicted octanol–water partition coefficient (Wildman–Crippen LogP) is 2.76. The molecule has 60 heavy (non-hydrogen) atoms. The van der Waals surface area contributed by atoms with Crippen molar-refractivity contribution < 1.29 is 75.5 Å². The Balaban J connectivity index is 0.000000297. The number of nitrogens with zero attached hydrogens (tertiary/aromatic N) is 1. The number of hydrogen-bond acceptors (Lipinski definition) is 17. The van der Waals surface area contributed by atoms with E-state index in [4.69, 9.17) is 41.4 Å². The molecule has 5 rings (SSSR count). The number of ether oxygens (including phenoxy) is 4. The lowest BCUT2D eigenvalue weighted by atomic mass is 9.49. The summed E-state index contributed by atoms with van der Waals surface area (Å²) in [5, 5.41) is 26.2. The van der Waals surface area contributed by atoms with E-state index in [0.29, 0.717) is 78.7 Å². The molecule has 18 nitrogen and oxygen atoms in total. The van der Waals surface area contributed by atoms with Crippen LogP contribution in [0.2, 0.25) is 0 Å². The molecular formula is C40H62N2O16P2. The minimum absolute atomic E-state index is 0.0122. The van der Waals surface area contributed by atoms with Crippen LogP contribution in [0.25, 0.3) is 0 Å². The third-order valence-electron chi connectivity index (χ3n) is 11.5. The second-order valence-electron chi connectivity index (χ2n) is 15.1. The van der Waals surface area contributed by atoms with Gasteiger partial charge in [0.25, 0.3) is 11.8 Å². The third kappa shape index (κ3) is 13.9. The summed E-state index contributed by atoms with van der Waals surface area (Å²) in [5.74, 6) is -1.62. The zero-order chi connectivity index (χ0) is 43.5. The van der Waals surface area contributed by atoms with Gasteiger partial charge in [0.15, 0.2) is 11.6 Å². The van der Waals surface area contributed by atoms with Gasteiger partial charge in [-0.25, -0.2) is 4.31 Å². The Morgan fingerprint density at radius 1 is 0.883 bits per heavy atom. The number of hydrogen-bond donors (Lipinski definition) is 3. The summed E-state index contributed by atoms with van der Waals surface area (Å²) in [6.45, 7) is 6.40. The highest BCUT2D eigenvalue weighted by Crippen LogP contribution is 2.63. The second-order valence-corrected chi connectivity index (χ2v) is 17.8. The molecule has 0 bridgehead atoms. The molecule has 9 atom stereocenters. The van der Waals surface area contributed by atoms with E-state index in [1.54, 1.807) is 19.2 Å². The van der Waals surface area contributed by atoms with Crippen molar-refractivity contribution in [2.75, 3.05) is 100 Å². The zero-order valence-electron chi connectivity index (χ0n) is 35.0. The molecule has 0 aromatic rings. The summed E-state index contributed by atoms with van der Waals surface area (Å²) in [7, 11) is 1.11. The number of imide groups is 1.